The zero-order valence-corrected chi connectivity index (χ0v) is 13.3. The summed E-state index contributed by atoms with van der Waals surface area (Å²) in [6.45, 7) is 2.73. The average Bonchev–Trinajstić information content (AvgIpc) is 2.97. The second kappa shape index (κ2) is 5.40. The van der Waals surface area contributed by atoms with Crippen LogP contribution >= 0.6 is 11.3 Å². The lowest BCUT2D eigenvalue weighted by molar-refractivity contribution is 0.102. The molecule has 2 saturated carbocycles. The summed E-state index contributed by atoms with van der Waals surface area (Å²) in [6.07, 6.45) is 7.90. The van der Waals surface area contributed by atoms with E-state index >= 15 is 0 Å². The summed E-state index contributed by atoms with van der Waals surface area (Å²) in [7, 11) is 2.17. The fourth-order valence-corrected chi connectivity index (χ4v) is 4.59. The number of thiophene rings is 1. The number of carbonyl (C=O) groups excluding carboxylic acids is 1. The van der Waals surface area contributed by atoms with Crippen LogP contribution in [0.15, 0.2) is 0 Å². The van der Waals surface area contributed by atoms with Crippen molar-refractivity contribution in [3.05, 3.63) is 10.4 Å². The number of ketones is 1. The van der Waals surface area contributed by atoms with Crippen LogP contribution in [0.4, 0.5) is 10.7 Å². The zero-order chi connectivity index (χ0) is 14.3. The van der Waals surface area contributed by atoms with E-state index in [2.05, 4.69) is 11.9 Å². The van der Waals surface area contributed by atoms with E-state index in [9.17, 15) is 4.79 Å². The van der Waals surface area contributed by atoms with E-state index in [0.717, 1.165) is 23.0 Å². The number of carbonyl (C=O) groups is 1. The maximum atomic E-state index is 11.8. The summed E-state index contributed by atoms with van der Waals surface area (Å²) in [6, 6.07) is 0. The molecular formula is C16H24N2OS. The highest BCUT2D eigenvalue weighted by Crippen LogP contribution is 2.52. The zero-order valence-electron chi connectivity index (χ0n) is 12.4. The Morgan fingerprint density at radius 1 is 1.30 bits per heavy atom. The Labute approximate surface area is 125 Å². The molecule has 3 rings (SSSR count). The topological polar surface area (TPSA) is 46.3 Å². The first-order chi connectivity index (χ1) is 9.58. The first-order valence-electron chi connectivity index (χ1n) is 7.72. The van der Waals surface area contributed by atoms with Crippen LogP contribution in [0.5, 0.6) is 0 Å². The highest BCUT2D eigenvalue weighted by molar-refractivity contribution is 7.18. The van der Waals surface area contributed by atoms with E-state index < -0.39 is 0 Å². The average molecular weight is 292 g/mol. The number of nitrogen functional groups attached to an aromatic ring is 1. The second-order valence-corrected chi connectivity index (χ2v) is 7.42. The molecule has 3 nitrogen and oxygen atoms in total. The molecule has 110 valence electrons. The Balaban J connectivity index is 1.86. The Morgan fingerprint density at radius 2 is 1.95 bits per heavy atom. The van der Waals surface area contributed by atoms with Crippen molar-refractivity contribution in [3.63, 3.8) is 0 Å². The molecule has 0 amide bonds. The van der Waals surface area contributed by atoms with E-state index in [4.69, 9.17) is 5.73 Å². The lowest BCUT2D eigenvalue weighted by atomic mass is 10.1. The summed E-state index contributed by atoms with van der Waals surface area (Å²) < 4.78 is 0. The van der Waals surface area contributed by atoms with Gasteiger partial charge in [0.2, 0.25) is 0 Å². The molecule has 0 saturated heterocycles. The normalized spacial score (nSPS) is 19.5. The first-order valence-corrected chi connectivity index (χ1v) is 8.53. The van der Waals surface area contributed by atoms with Gasteiger partial charge in [-0.25, -0.2) is 0 Å². The summed E-state index contributed by atoms with van der Waals surface area (Å²) in [5, 5.41) is 1.25. The molecule has 1 aromatic heterocycles. The largest absolute Gasteiger partial charge is 0.397 e. The minimum atomic E-state index is 0.106. The summed E-state index contributed by atoms with van der Waals surface area (Å²) >= 11 is 1.61. The molecule has 20 heavy (non-hydrogen) atoms. The molecule has 0 aliphatic heterocycles. The van der Waals surface area contributed by atoms with E-state index in [1.165, 1.54) is 49.1 Å². The molecule has 1 heterocycles. The summed E-state index contributed by atoms with van der Waals surface area (Å²) in [4.78, 5) is 14.9. The lowest BCUT2D eigenvalue weighted by Gasteiger charge is -2.23. The molecule has 0 unspecified atom stereocenters. The standard InChI is InChI=1S/C16H24N2OS/c1-10(19)15-14(17)13(12-7-8-12)16(20-15)18(2)9-11-5-3-4-6-11/h11-12H,3-9,17H2,1-2H3. The fourth-order valence-electron chi connectivity index (χ4n) is 3.42. The molecule has 4 heteroatoms. The Kier molecular flexibility index (Phi) is 3.76. The molecule has 2 fully saturated rings. The molecule has 0 bridgehead atoms. The van der Waals surface area contributed by atoms with Crippen LogP contribution in [-0.4, -0.2) is 19.4 Å². The highest BCUT2D eigenvalue weighted by atomic mass is 32.1. The van der Waals surface area contributed by atoms with Crippen LogP contribution in [0.3, 0.4) is 0 Å². The molecule has 0 spiro atoms. The maximum absolute atomic E-state index is 11.8. The number of nitrogens with two attached hydrogens (primary N) is 1. The number of nitrogens with zero attached hydrogens (tertiary/aromatic N) is 1. The van der Waals surface area contributed by atoms with E-state index in [1.807, 2.05) is 0 Å². The number of anilines is 2. The van der Waals surface area contributed by atoms with Crippen molar-refractivity contribution in [2.75, 3.05) is 24.2 Å². The van der Waals surface area contributed by atoms with Crippen molar-refractivity contribution < 1.29 is 4.79 Å². The van der Waals surface area contributed by atoms with Gasteiger partial charge in [-0.1, -0.05) is 12.8 Å². The predicted molar refractivity (Wildman–Crippen MR) is 85.9 cm³/mol. The Morgan fingerprint density at radius 3 is 2.50 bits per heavy atom. The monoisotopic (exact) mass is 292 g/mol. The van der Waals surface area contributed by atoms with Gasteiger partial charge in [0.15, 0.2) is 5.78 Å². The van der Waals surface area contributed by atoms with Crippen LogP contribution in [0.1, 0.15) is 66.6 Å². The molecular weight excluding hydrogens is 268 g/mol. The van der Waals surface area contributed by atoms with Gasteiger partial charge >= 0.3 is 0 Å². The quantitative estimate of drug-likeness (QED) is 0.833. The molecule has 0 radical (unpaired) electrons. The van der Waals surface area contributed by atoms with Crippen LogP contribution in [0.25, 0.3) is 0 Å². The second-order valence-electron chi connectivity index (χ2n) is 6.43. The minimum absolute atomic E-state index is 0.106. The van der Waals surface area contributed by atoms with Gasteiger partial charge < -0.3 is 10.6 Å². The third-order valence-corrected chi connectivity index (χ3v) is 6.06. The van der Waals surface area contributed by atoms with Crippen LogP contribution in [0.2, 0.25) is 0 Å². The van der Waals surface area contributed by atoms with Gasteiger partial charge in [0.1, 0.15) is 0 Å². The van der Waals surface area contributed by atoms with Gasteiger partial charge in [0.25, 0.3) is 0 Å². The van der Waals surface area contributed by atoms with Gasteiger partial charge in [0.05, 0.1) is 15.6 Å². The summed E-state index contributed by atoms with van der Waals surface area (Å²) in [5.41, 5.74) is 8.28. The van der Waals surface area contributed by atoms with Gasteiger partial charge in [0, 0.05) is 26.1 Å². The third-order valence-electron chi connectivity index (χ3n) is 4.62. The molecule has 2 N–H and O–H groups in total. The van der Waals surface area contributed by atoms with Gasteiger partial charge in [-0.05, 0) is 37.5 Å². The van der Waals surface area contributed by atoms with Gasteiger partial charge in [-0.3, -0.25) is 4.79 Å². The van der Waals surface area contributed by atoms with Crippen molar-refractivity contribution in [1.82, 2.24) is 0 Å². The van der Waals surface area contributed by atoms with Gasteiger partial charge in [-0.15, -0.1) is 11.3 Å². The Bertz CT molecular complexity index is 513. The van der Waals surface area contributed by atoms with Crippen LogP contribution in [-0.2, 0) is 0 Å². The van der Waals surface area contributed by atoms with Crippen LogP contribution < -0.4 is 10.6 Å². The fraction of sp³-hybridized carbons (Fsp3) is 0.688. The van der Waals surface area contributed by atoms with Gasteiger partial charge in [-0.2, -0.15) is 0 Å². The molecule has 0 atom stereocenters. The number of rotatable bonds is 5. The SMILES string of the molecule is CC(=O)c1sc(N(C)CC2CCCC2)c(C2CC2)c1N. The van der Waals surface area contributed by atoms with Crippen molar-refractivity contribution in [1.29, 1.82) is 0 Å². The molecule has 2 aliphatic rings. The third kappa shape index (κ3) is 2.58. The first kappa shape index (κ1) is 13.9. The molecule has 2 aliphatic carbocycles. The van der Waals surface area contributed by atoms with Crippen molar-refractivity contribution in [3.8, 4) is 0 Å². The lowest BCUT2D eigenvalue weighted by Crippen LogP contribution is -2.24. The van der Waals surface area contributed by atoms with Crippen molar-refractivity contribution >= 4 is 27.8 Å². The minimum Gasteiger partial charge on any atom is -0.397 e. The summed E-state index contributed by atoms with van der Waals surface area (Å²) in [5.74, 6) is 1.52. The van der Waals surface area contributed by atoms with Crippen LogP contribution in [0, 0.1) is 5.92 Å². The highest BCUT2D eigenvalue weighted by Gasteiger charge is 2.33. The van der Waals surface area contributed by atoms with Crippen molar-refractivity contribution in [2.24, 2.45) is 5.92 Å². The van der Waals surface area contributed by atoms with E-state index in [-0.39, 0.29) is 5.78 Å². The number of Topliss-reactive ketones (excluding diaryl/α,β-unsaturated/α-hetero) is 1. The van der Waals surface area contributed by atoms with E-state index in [1.54, 1.807) is 18.3 Å². The molecule has 1 aromatic rings. The number of hydrogen-bond donors (Lipinski definition) is 1. The van der Waals surface area contributed by atoms with E-state index in [0.29, 0.717) is 5.92 Å². The predicted octanol–water partition coefficient (Wildman–Crippen LogP) is 4.04. The van der Waals surface area contributed by atoms with Crippen molar-refractivity contribution in [2.45, 2.75) is 51.4 Å². The number of hydrogen-bond acceptors (Lipinski definition) is 4. The Hall–Kier alpha value is -1.03. The maximum Gasteiger partial charge on any atom is 0.171 e. The smallest absolute Gasteiger partial charge is 0.171 e. The molecule has 0 aromatic carbocycles.